The Morgan fingerprint density at radius 1 is 1.24 bits per heavy atom. The Balaban J connectivity index is 1.37. The summed E-state index contributed by atoms with van der Waals surface area (Å²) in [5.74, 6) is -1.50. The molecule has 2 aliphatic heterocycles. The zero-order valence-electron chi connectivity index (χ0n) is 18.6. The van der Waals surface area contributed by atoms with E-state index in [1.807, 2.05) is 0 Å². The summed E-state index contributed by atoms with van der Waals surface area (Å²) < 4.78 is 22.8. The molecule has 180 valence electrons. The lowest BCUT2D eigenvalue weighted by Gasteiger charge is -2.31. The van der Waals surface area contributed by atoms with Gasteiger partial charge in [-0.15, -0.1) is 0 Å². The van der Waals surface area contributed by atoms with Gasteiger partial charge in [0.15, 0.2) is 5.56 Å². The first-order chi connectivity index (χ1) is 16.3. The number of hydrogen-bond acceptors (Lipinski definition) is 6. The molecule has 4 aliphatic rings. The van der Waals surface area contributed by atoms with Crippen LogP contribution in [0.25, 0.3) is 11.7 Å². The Kier molecular flexibility index (Phi) is 4.80. The molecule has 6 rings (SSSR count). The molecule has 0 radical (unpaired) electrons. The van der Waals surface area contributed by atoms with Gasteiger partial charge >= 0.3 is 0 Å². The Morgan fingerprint density at radius 2 is 1.94 bits per heavy atom. The fourth-order valence-electron chi connectivity index (χ4n) is 4.80. The number of amides is 2. The van der Waals surface area contributed by atoms with Gasteiger partial charge in [-0.25, -0.2) is 4.39 Å². The zero-order valence-corrected chi connectivity index (χ0v) is 18.6. The monoisotopic (exact) mass is 471 g/mol. The lowest BCUT2D eigenvalue weighted by molar-refractivity contribution is -0.134. The van der Waals surface area contributed by atoms with Gasteiger partial charge in [0.2, 0.25) is 11.8 Å². The van der Waals surface area contributed by atoms with Crippen LogP contribution in [0.3, 0.4) is 0 Å². The third-order valence-electron chi connectivity index (χ3n) is 7.04. The average molecular weight is 471 g/mol. The number of carbonyl (C=O) groups is 2. The molecular weight excluding hydrogens is 445 g/mol. The minimum atomic E-state index is -1.54. The largest absolute Gasteiger partial charge is 0.492 e. The van der Waals surface area contributed by atoms with E-state index in [2.05, 4.69) is 10.4 Å². The highest BCUT2D eigenvalue weighted by atomic mass is 19.1. The van der Waals surface area contributed by atoms with E-state index in [4.69, 9.17) is 4.74 Å². The number of nitrogens with one attached hydrogen (secondary N) is 1. The maximum Gasteiger partial charge on any atom is 0.270 e. The number of halogens is 1. The summed E-state index contributed by atoms with van der Waals surface area (Å²) in [7, 11) is 0. The van der Waals surface area contributed by atoms with Crippen LogP contribution >= 0.6 is 0 Å². The van der Waals surface area contributed by atoms with Gasteiger partial charge in [0.1, 0.15) is 11.3 Å². The maximum atomic E-state index is 14.8. The van der Waals surface area contributed by atoms with E-state index in [0.29, 0.717) is 31.5 Å². The fraction of sp³-hybridized carbons (Fsp3) is 0.565. The molecule has 2 saturated heterocycles. The van der Waals surface area contributed by atoms with Gasteiger partial charge in [-0.2, -0.15) is 9.61 Å². The number of rotatable bonds is 6. The van der Waals surface area contributed by atoms with Crippen LogP contribution < -0.4 is 10.9 Å². The molecule has 2 saturated carbocycles. The lowest BCUT2D eigenvalue weighted by atomic mass is 10.2. The molecule has 0 spiro atoms. The van der Waals surface area contributed by atoms with Gasteiger partial charge in [0, 0.05) is 30.8 Å². The first-order valence-corrected chi connectivity index (χ1v) is 11.8. The molecular formula is C23H26FN5O5. The molecule has 4 fully saturated rings. The number of hydrogen-bond donors (Lipinski definition) is 2. The summed E-state index contributed by atoms with van der Waals surface area (Å²) in [6.45, 7) is 0.806. The minimum Gasteiger partial charge on any atom is -0.492 e. The summed E-state index contributed by atoms with van der Waals surface area (Å²) in [5, 5.41) is 17.6. The molecule has 2 bridgehead atoms. The third-order valence-corrected chi connectivity index (χ3v) is 7.04. The van der Waals surface area contributed by atoms with Gasteiger partial charge in [0.25, 0.3) is 11.5 Å². The molecule has 2 unspecified atom stereocenters. The number of aromatic hydroxyl groups is 1. The van der Waals surface area contributed by atoms with Crippen molar-refractivity contribution in [2.24, 2.45) is 0 Å². The molecule has 34 heavy (non-hydrogen) atoms. The molecule has 2 N–H and O–H groups in total. The molecule has 2 amide bonds. The molecule has 4 heterocycles. The number of nitrogens with zero attached hydrogens (tertiary/aromatic N) is 4. The molecule has 2 aromatic rings. The first kappa shape index (κ1) is 21.3. The molecule has 2 atom stereocenters. The Labute approximate surface area is 194 Å². The summed E-state index contributed by atoms with van der Waals surface area (Å²) in [5.41, 5.74) is -2.27. The molecule has 11 heteroatoms. The Morgan fingerprint density at radius 3 is 2.59 bits per heavy atom. The highest BCUT2D eigenvalue weighted by Gasteiger charge is 2.45. The van der Waals surface area contributed by atoms with E-state index in [1.165, 1.54) is 18.3 Å². The van der Waals surface area contributed by atoms with Crippen molar-refractivity contribution in [2.75, 3.05) is 13.1 Å². The van der Waals surface area contributed by atoms with Crippen LogP contribution in [-0.2, 0) is 16.1 Å². The summed E-state index contributed by atoms with van der Waals surface area (Å²) in [6.07, 6.45) is 8.56. The van der Waals surface area contributed by atoms with Crippen LogP contribution in [0.1, 0.15) is 54.4 Å². The van der Waals surface area contributed by atoms with E-state index in [0.717, 1.165) is 34.8 Å². The van der Waals surface area contributed by atoms with E-state index in [9.17, 15) is 23.9 Å². The smallest absolute Gasteiger partial charge is 0.270 e. The summed E-state index contributed by atoms with van der Waals surface area (Å²) in [6, 6.07) is -0.0241. The lowest BCUT2D eigenvalue weighted by Crippen LogP contribution is -2.45. The quantitative estimate of drug-likeness (QED) is 0.607. The topological polar surface area (TPSA) is 118 Å². The highest BCUT2D eigenvalue weighted by Crippen LogP contribution is 2.41. The number of fused-ring (bicyclic) bond motifs is 3. The first-order valence-electron chi connectivity index (χ1n) is 11.8. The van der Waals surface area contributed by atoms with Gasteiger partial charge in [0.05, 0.1) is 24.9 Å². The van der Waals surface area contributed by atoms with Gasteiger partial charge in [-0.3, -0.25) is 19.0 Å². The Hall–Kier alpha value is -3.21. The van der Waals surface area contributed by atoms with Gasteiger partial charge in [-0.1, -0.05) is 0 Å². The van der Waals surface area contributed by atoms with E-state index >= 15 is 0 Å². The SMILES string of the molecule is O=C(NC1CC1)c1c(O)n2ncc(/C=C/C(=O)N3CC4CCC(C3)O4)c2n(CC2(F)CC2)c1=O. The number of alkyl halides is 1. The normalized spacial score (nSPS) is 25.3. The Bertz CT molecular complexity index is 1260. The van der Waals surface area contributed by atoms with E-state index < -0.39 is 28.6 Å². The number of likely N-dealkylation sites (tertiary alicyclic amines) is 1. The van der Waals surface area contributed by atoms with Crippen molar-refractivity contribution in [3.8, 4) is 5.88 Å². The van der Waals surface area contributed by atoms with Crippen molar-refractivity contribution in [3.05, 3.63) is 33.8 Å². The minimum absolute atomic E-state index is 0.0241. The van der Waals surface area contributed by atoms with Crippen LogP contribution in [0.2, 0.25) is 0 Å². The van der Waals surface area contributed by atoms with Gasteiger partial charge < -0.3 is 20.1 Å². The number of carbonyl (C=O) groups excluding carboxylic acids is 2. The molecule has 2 aromatic heterocycles. The van der Waals surface area contributed by atoms with Crippen molar-refractivity contribution < 1.29 is 23.8 Å². The van der Waals surface area contributed by atoms with E-state index in [-0.39, 0.29) is 36.3 Å². The predicted molar refractivity (Wildman–Crippen MR) is 118 cm³/mol. The second-order valence-corrected chi connectivity index (χ2v) is 9.86. The molecule has 10 nitrogen and oxygen atoms in total. The van der Waals surface area contributed by atoms with E-state index in [1.54, 1.807) is 4.90 Å². The van der Waals surface area contributed by atoms with Crippen LogP contribution in [-0.4, -0.2) is 73.0 Å². The molecule has 0 aromatic carbocycles. The fourth-order valence-corrected chi connectivity index (χ4v) is 4.80. The highest BCUT2D eigenvalue weighted by molar-refractivity contribution is 5.97. The van der Waals surface area contributed by atoms with Crippen molar-refractivity contribution in [1.29, 1.82) is 0 Å². The standard InChI is InChI=1S/C23H26FN5O5/c24-23(7-8-23)12-28-20-13(1-6-17(30)27-10-15-4-5-16(11-27)34-15)9-25-29(20)22(33)18(21(28)32)19(31)26-14-2-3-14/h1,6,9,14-16,33H,2-5,7-8,10-12H2,(H,26,31)/b6-1+. The van der Waals surface area contributed by atoms with Gasteiger partial charge in [-0.05, 0) is 44.6 Å². The van der Waals surface area contributed by atoms with Crippen molar-refractivity contribution >= 4 is 23.5 Å². The second-order valence-electron chi connectivity index (χ2n) is 9.86. The van der Waals surface area contributed by atoms with Crippen molar-refractivity contribution in [2.45, 2.75) is 69.0 Å². The van der Waals surface area contributed by atoms with Crippen LogP contribution in [0.4, 0.5) is 4.39 Å². The zero-order chi connectivity index (χ0) is 23.6. The predicted octanol–water partition coefficient (Wildman–Crippen LogP) is 0.999. The van der Waals surface area contributed by atoms with Crippen LogP contribution in [0.5, 0.6) is 5.88 Å². The number of morpholine rings is 1. The molecule has 2 aliphatic carbocycles. The average Bonchev–Trinajstić information content (AvgIpc) is 3.69. The van der Waals surface area contributed by atoms with Crippen molar-refractivity contribution in [3.63, 3.8) is 0 Å². The third kappa shape index (κ3) is 3.77. The number of ether oxygens (including phenoxy) is 1. The van der Waals surface area contributed by atoms with Crippen LogP contribution in [0.15, 0.2) is 17.1 Å². The second kappa shape index (κ2) is 7.66. The maximum absolute atomic E-state index is 14.8. The summed E-state index contributed by atoms with van der Waals surface area (Å²) >= 11 is 0. The number of aromatic nitrogens is 3. The van der Waals surface area contributed by atoms with Crippen molar-refractivity contribution in [1.82, 2.24) is 24.4 Å². The van der Waals surface area contributed by atoms with Crippen LogP contribution in [0, 0.1) is 0 Å². The summed E-state index contributed by atoms with van der Waals surface area (Å²) in [4.78, 5) is 40.5.